The highest BCUT2D eigenvalue weighted by Gasteiger charge is 2.31. The summed E-state index contributed by atoms with van der Waals surface area (Å²) >= 11 is 0. The first-order valence-corrected chi connectivity index (χ1v) is 28.1. The molecule has 0 saturated carbocycles. The van der Waals surface area contributed by atoms with Gasteiger partial charge in [0.05, 0.1) is 14.2 Å². The number of hydrogen-bond acceptors (Lipinski definition) is 8. The molecule has 398 valence electrons. The minimum absolute atomic E-state index is 0.132. The predicted molar refractivity (Wildman–Crippen MR) is 294 cm³/mol. The topological polar surface area (TPSA) is 138 Å². The average molecular weight is 975 g/mol. The number of primary amides is 1. The van der Waals surface area contributed by atoms with Crippen molar-refractivity contribution in [2.45, 2.75) is 226 Å². The Bertz CT molecular complexity index is 1680. The van der Waals surface area contributed by atoms with Gasteiger partial charge in [-0.2, -0.15) is 0 Å². The Morgan fingerprint density at radius 1 is 0.586 bits per heavy atom. The lowest BCUT2D eigenvalue weighted by molar-refractivity contribution is -0.140. The quantitative estimate of drug-likeness (QED) is 0.0440. The summed E-state index contributed by atoms with van der Waals surface area (Å²) in [5.74, 6) is 1.62. The molecule has 70 heavy (non-hydrogen) atoms. The minimum Gasteiger partial charge on any atom is -0.493 e. The van der Waals surface area contributed by atoms with Crippen LogP contribution >= 0.6 is 0 Å². The zero-order valence-corrected chi connectivity index (χ0v) is 45.4. The molecule has 0 aliphatic heterocycles. The van der Waals surface area contributed by atoms with Crippen LogP contribution in [0.4, 0.5) is 0 Å². The van der Waals surface area contributed by atoms with E-state index in [9.17, 15) is 9.59 Å². The molecule has 2 amide bonds. The van der Waals surface area contributed by atoms with E-state index in [1.165, 1.54) is 128 Å². The number of methoxy groups -OCH3 is 2. The molecule has 0 fully saturated rings. The van der Waals surface area contributed by atoms with E-state index in [4.69, 9.17) is 30.4 Å². The molecule has 1 unspecified atom stereocenters. The van der Waals surface area contributed by atoms with Gasteiger partial charge in [0.15, 0.2) is 23.0 Å². The number of benzene rings is 2. The maximum atomic E-state index is 14.3. The molecule has 2 rings (SSSR count). The van der Waals surface area contributed by atoms with Crippen LogP contribution in [-0.4, -0.2) is 63.3 Å². The van der Waals surface area contributed by atoms with Gasteiger partial charge in [0.2, 0.25) is 11.8 Å². The first-order chi connectivity index (χ1) is 34.2. The maximum Gasteiger partial charge on any atom is 0.244 e. The van der Waals surface area contributed by atoms with Crippen molar-refractivity contribution in [3.8, 4) is 23.0 Å². The second-order valence-corrected chi connectivity index (χ2v) is 19.8. The van der Waals surface area contributed by atoms with Crippen molar-refractivity contribution < 1.29 is 28.5 Å². The zero-order valence-electron chi connectivity index (χ0n) is 45.4. The molecule has 2 aromatic carbocycles. The zero-order chi connectivity index (χ0) is 50.9. The van der Waals surface area contributed by atoms with Crippen molar-refractivity contribution in [2.75, 3.05) is 40.5 Å². The number of hydrogen-bond donors (Lipinski definition) is 3. The average Bonchev–Trinajstić information content (AvgIpc) is 3.36. The Labute approximate surface area is 427 Å². The van der Waals surface area contributed by atoms with Gasteiger partial charge in [0.25, 0.3) is 0 Å². The Kier molecular flexibility index (Phi) is 36.9. The minimum atomic E-state index is -1.04. The van der Waals surface area contributed by atoms with Crippen LogP contribution in [0.15, 0.2) is 60.7 Å². The number of nitrogens with two attached hydrogens (primary N) is 2. The molecule has 0 aliphatic carbocycles. The third-order valence-electron chi connectivity index (χ3n) is 13.3. The van der Waals surface area contributed by atoms with Crippen molar-refractivity contribution in [2.24, 2.45) is 17.4 Å². The molecule has 0 bridgehead atoms. The molecule has 5 N–H and O–H groups in total. The van der Waals surface area contributed by atoms with E-state index in [0.717, 1.165) is 57.1 Å². The van der Waals surface area contributed by atoms with Crippen molar-refractivity contribution in [1.82, 2.24) is 10.2 Å². The molecular formula is C60H102N4O6. The molecule has 10 nitrogen and oxygen atoms in total. The maximum absolute atomic E-state index is 14.3. The number of allylic oxidation sites excluding steroid dienone is 4. The highest BCUT2D eigenvalue weighted by atomic mass is 16.5. The summed E-state index contributed by atoms with van der Waals surface area (Å²) in [4.78, 5) is 29.3. The Morgan fingerprint density at radius 3 is 1.57 bits per heavy atom. The van der Waals surface area contributed by atoms with E-state index in [-0.39, 0.29) is 24.4 Å². The molecule has 0 spiro atoms. The Hall–Kier alpha value is -4.02. The van der Waals surface area contributed by atoms with Crippen LogP contribution in [0.5, 0.6) is 23.0 Å². The highest BCUT2D eigenvalue weighted by Crippen LogP contribution is 2.35. The van der Waals surface area contributed by atoms with Crippen LogP contribution in [0.3, 0.4) is 0 Å². The first-order valence-electron chi connectivity index (χ1n) is 28.1. The Morgan fingerprint density at radius 2 is 1.06 bits per heavy atom. The van der Waals surface area contributed by atoms with E-state index >= 15 is 0 Å². The number of nitrogens with zero attached hydrogens (tertiary/aromatic N) is 1. The number of unbranched alkanes of at least 4 members (excludes halogenated alkanes) is 23. The largest absolute Gasteiger partial charge is 0.493 e. The summed E-state index contributed by atoms with van der Waals surface area (Å²) in [6.45, 7) is 11.3. The molecule has 0 aromatic heterocycles. The number of carbonyl (C=O) groups is 2. The van der Waals surface area contributed by atoms with Gasteiger partial charge in [0.1, 0.15) is 19.3 Å². The first kappa shape index (κ1) is 62.1. The van der Waals surface area contributed by atoms with Gasteiger partial charge >= 0.3 is 0 Å². The van der Waals surface area contributed by atoms with Crippen LogP contribution in [0, 0.1) is 5.92 Å². The number of ether oxygens (including phenoxy) is 4. The SMILES string of the molecule is CCCCCCCC/C=C\CCCCCCCCNCCOc1ccc(C(C(N)=O)N(Cc2ccc(OC[C@@H](N)C(C)C)c(OC)c2)C(=O)CCCCCCC/C=C\CCCCCCCC)cc1OC. The number of carbonyl (C=O) groups excluding carboxylic acids is 2. The molecule has 0 radical (unpaired) electrons. The van der Waals surface area contributed by atoms with E-state index in [1.807, 2.05) is 24.3 Å². The molecule has 2 aromatic rings. The Balaban J connectivity index is 1.95. The summed E-state index contributed by atoms with van der Waals surface area (Å²) in [6.07, 6.45) is 43.2. The number of rotatable bonds is 46. The third kappa shape index (κ3) is 28.7. The smallest absolute Gasteiger partial charge is 0.244 e. The normalized spacial score (nSPS) is 12.5. The van der Waals surface area contributed by atoms with Crippen molar-refractivity contribution >= 4 is 11.8 Å². The van der Waals surface area contributed by atoms with E-state index < -0.39 is 11.9 Å². The van der Waals surface area contributed by atoms with Gasteiger partial charge in [-0.1, -0.05) is 173 Å². The van der Waals surface area contributed by atoms with Gasteiger partial charge in [0, 0.05) is 25.6 Å². The fourth-order valence-electron chi connectivity index (χ4n) is 8.65. The molecule has 0 aliphatic rings. The summed E-state index contributed by atoms with van der Waals surface area (Å²) < 4.78 is 23.7. The third-order valence-corrected chi connectivity index (χ3v) is 13.3. The molecular weight excluding hydrogens is 873 g/mol. The molecule has 2 atom stereocenters. The monoisotopic (exact) mass is 975 g/mol. The van der Waals surface area contributed by atoms with Gasteiger partial charge in [-0.05, 0) is 112 Å². The van der Waals surface area contributed by atoms with Crippen molar-refractivity contribution in [1.29, 1.82) is 0 Å². The van der Waals surface area contributed by atoms with Crippen LogP contribution in [-0.2, 0) is 16.1 Å². The van der Waals surface area contributed by atoms with Crippen LogP contribution in [0.2, 0.25) is 0 Å². The van der Waals surface area contributed by atoms with Crippen molar-refractivity contribution in [3.05, 3.63) is 71.8 Å². The summed E-state index contributed by atoms with van der Waals surface area (Å²) in [5.41, 5.74) is 13.8. The van der Waals surface area contributed by atoms with Gasteiger partial charge in [-0.3, -0.25) is 9.59 Å². The summed E-state index contributed by atoms with van der Waals surface area (Å²) in [6, 6.07) is 9.78. The number of nitrogens with one attached hydrogen (secondary N) is 1. The lowest BCUT2D eigenvalue weighted by Crippen LogP contribution is -2.41. The summed E-state index contributed by atoms with van der Waals surface area (Å²) in [7, 11) is 3.17. The van der Waals surface area contributed by atoms with Gasteiger partial charge < -0.3 is 40.6 Å². The molecule has 10 heteroatoms. The van der Waals surface area contributed by atoms with Crippen molar-refractivity contribution in [3.63, 3.8) is 0 Å². The second-order valence-electron chi connectivity index (χ2n) is 19.8. The lowest BCUT2D eigenvalue weighted by atomic mass is 10.0. The fourth-order valence-corrected chi connectivity index (χ4v) is 8.65. The van der Waals surface area contributed by atoms with E-state index in [0.29, 0.717) is 54.7 Å². The van der Waals surface area contributed by atoms with Crippen LogP contribution in [0.1, 0.15) is 225 Å². The van der Waals surface area contributed by atoms with E-state index in [2.05, 4.69) is 57.3 Å². The van der Waals surface area contributed by atoms with Crippen LogP contribution < -0.4 is 35.7 Å². The lowest BCUT2D eigenvalue weighted by Gasteiger charge is -2.31. The molecule has 0 heterocycles. The van der Waals surface area contributed by atoms with E-state index in [1.54, 1.807) is 31.3 Å². The molecule has 0 saturated heterocycles. The van der Waals surface area contributed by atoms with Gasteiger partial charge in [-0.25, -0.2) is 0 Å². The van der Waals surface area contributed by atoms with Crippen LogP contribution in [0.25, 0.3) is 0 Å². The van der Waals surface area contributed by atoms with Gasteiger partial charge in [-0.15, -0.1) is 0 Å². The highest BCUT2D eigenvalue weighted by molar-refractivity contribution is 5.88. The second kappa shape index (κ2) is 41.6. The number of amides is 2. The fraction of sp³-hybridized carbons (Fsp3) is 0.700. The standard InChI is InChI=1S/C60H102N4O6/c1-7-9-11-13-15-17-19-21-23-25-27-29-31-33-35-37-43-63-44-45-69-54-42-40-52(47-57(54)68-6)59(60(62)66)64(48-51-39-41-55(56(46-51)67-5)70-49-53(61)50(3)4)58(65)38-36-34-32-30-28-26-24-22-20-18-16-14-12-10-8-2/h21-24,39-42,46-47,50,53,59,63H,7-20,25-38,43-45,48-49,61H2,1-6H3,(H2,62,66)/b23-21-,24-22-/t53-,59?/m1/s1. The summed E-state index contributed by atoms with van der Waals surface area (Å²) in [5, 5.41) is 3.51. The predicted octanol–water partition coefficient (Wildman–Crippen LogP) is 14.7.